The molecule has 6 heteroatoms. The normalized spacial score (nSPS) is 17.0. The molecule has 6 nitrogen and oxygen atoms in total. The van der Waals surface area contributed by atoms with E-state index in [0.717, 1.165) is 32.1 Å². The van der Waals surface area contributed by atoms with Crippen LogP contribution in [0.2, 0.25) is 0 Å². The van der Waals surface area contributed by atoms with Gasteiger partial charge in [0.05, 0.1) is 19.8 Å². The molecule has 1 heterocycles. The Labute approximate surface area is 195 Å². The van der Waals surface area contributed by atoms with Crippen molar-refractivity contribution in [2.75, 3.05) is 19.8 Å². The van der Waals surface area contributed by atoms with Gasteiger partial charge >= 0.3 is 5.97 Å². The van der Waals surface area contributed by atoms with Gasteiger partial charge in [0.25, 0.3) is 0 Å². The Kier molecular flexibility index (Phi) is 17.3. The number of unbranched alkanes of at least 4 members (excludes halogenated alkanes) is 14. The van der Waals surface area contributed by atoms with Crippen molar-refractivity contribution in [1.82, 2.24) is 0 Å². The number of cyclic esters (lactones) is 1. The minimum Gasteiger partial charge on any atom is -0.490 e. The molecule has 0 saturated heterocycles. The highest BCUT2D eigenvalue weighted by Gasteiger charge is 2.41. The summed E-state index contributed by atoms with van der Waals surface area (Å²) in [6.07, 6.45) is 16.9. The van der Waals surface area contributed by atoms with Crippen LogP contribution >= 0.6 is 0 Å². The maximum absolute atomic E-state index is 12.2. The molecule has 1 aliphatic rings. The predicted octanol–water partition coefficient (Wildman–Crippen LogP) is 5.79. The summed E-state index contributed by atoms with van der Waals surface area (Å²) in [4.78, 5) is 12.2. The summed E-state index contributed by atoms with van der Waals surface area (Å²) in [5, 5.41) is 19.3. The van der Waals surface area contributed by atoms with Crippen molar-refractivity contribution >= 4 is 5.97 Å². The number of hydrogen-bond acceptors (Lipinski definition) is 6. The Balaban J connectivity index is 2.35. The van der Waals surface area contributed by atoms with E-state index in [4.69, 9.17) is 14.2 Å². The predicted molar refractivity (Wildman–Crippen MR) is 127 cm³/mol. The number of rotatable bonds is 22. The fraction of sp³-hybridized carbons (Fsp3) is 0.885. The van der Waals surface area contributed by atoms with Crippen molar-refractivity contribution < 1.29 is 29.2 Å². The highest BCUT2D eigenvalue weighted by Crippen LogP contribution is 2.28. The van der Waals surface area contributed by atoms with Crippen molar-refractivity contribution in [2.24, 2.45) is 0 Å². The molecule has 0 fully saturated rings. The first kappa shape index (κ1) is 28.8. The van der Waals surface area contributed by atoms with Crippen LogP contribution in [-0.2, 0) is 19.0 Å². The molecule has 0 aliphatic carbocycles. The van der Waals surface area contributed by atoms with Crippen LogP contribution in [0.15, 0.2) is 11.5 Å². The Morgan fingerprint density at radius 2 is 1.19 bits per heavy atom. The van der Waals surface area contributed by atoms with E-state index < -0.39 is 24.8 Å². The minimum atomic E-state index is -1.21. The molecule has 0 radical (unpaired) electrons. The fourth-order valence-corrected chi connectivity index (χ4v) is 3.91. The van der Waals surface area contributed by atoms with Crippen LogP contribution in [0.4, 0.5) is 0 Å². The monoisotopic (exact) mass is 456 g/mol. The molecule has 0 unspecified atom stereocenters. The third-order valence-electron chi connectivity index (χ3n) is 5.94. The molecule has 0 spiro atoms. The maximum Gasteiger partial charge on any atom is 0.378 e. The quantitative estimate of drug-likeness (QED) is 0.158. The van der Waals surface area contributed by atoms with Crippen molar-refractivity contribution in [3.63, 3.8) is 0 Å². The summed E-state index contributed by atoms with van der Waals surface area (Å²) in [5.41, 5.74) is 0. The van der Waals surface area contributed by atoms with Crippen LogP contribution < -0.4 is 0 Å². The fourth-order valence-electron chi connectivity index (χ4n) is 3.91. The van der Waals surface area contributed by atoms with E-state index in [1.54, 1.807) is 0 Å². The molecular formula is C26H48O6. The summed E-state index contributed by atoms with van der Waals surface area (Å²) in [5.74, 6) is -0.326. The van der Waals surface area contributed by atoms with Gasteiger partial charge in [-0.3, -0.25) is 0 Å². The third-order valence-corrected chi connectivity index (χ3v) is 5.94. The van der Waals surface area contributed by atoms with Crippen LogP contribution in [0, 0.1) is 0 Å². The summed E-state index contributed by atoms with van der Waals surface area (Å²) in [7, 11) is 0. The largest absolute Gasteiger partial charge is 0.490 e. The van der Waals surface area contributed by atoms with Crippen LogP contribution in [0.1, 0.15) is 117 Å². The molecule has 0 amide bonds. The lowest BCUT2D eigenvalue weighted by molar-refractivity contribution is -0.148. The van der Waals surface area contributed by atoms with Gasteiger partial charge in [-0.15, -0.1) is 0 Å². The lowest BCUT2D eigenvalue weighted by atomic mass is 10.1. The van der Waals surface area contributed by atoms with Crippen LogP contribution in [0.25, 0.3) is 0 Å². The molecular weight excluding hydrogens is 408 g/mol. The summed E-state index contributed by atoms with van der Waals surface area (Å²) in [6.45, 7) is 4.79. The van der Waals surface area contributed by atoms with Crippen molar-refractivity contribution in [3.8, 4) is 0 Å². The zero-order valence-corrected chi connectivity index (χ0v) is 20.6. The topological polar surface area (TPSA) is 85.2 Å². The molecule has 0 aromatic carbocycles. The average Bonchev–Trinajstić information content (AvgIpc) is 3.11. The van der Waals surface area contributed by atoms with Gasteiger partial charge < -0.3 is 24.4 Å². The van der Waals surface area contributed by atoms with Gasteiger partial charge in [-0.25, -0.2) is 4.79 Å². The SMILES string of the molecule is CCCCCCCCCCCCOC1=C(OCCCCCCCC)C(=O)O[C@@H]1[C@@H](O)CO. The first-order valence-corrected chi connectivity index (χ1v) is 13.1. The Hall–Kier alpha value is -1.27. The number of carbonyl (C=O) groups is 1. The third kappa shape index (κ3) is 12.1. The van der Waals surface area contributed by atoms with Gasteiger partial charge in [-0.05, 0) is 12.8 Å². The smallest absolute Gasteiger partial charge is 0.378 e. The van der Waals surface area contributed by atoms with E-state index in [2.05, 4.69) is 13.8 Å². The lowest BCUT2D eigenvalue weighted by Gasteiger charge is -2.18. The zero-order valence-electron chi connectivity index (χ0n) is 20.6. The lowest BCUT2D eigenvalue weighted by Crippen LogP contribution is -2.32. The summed E-state index contributed by atoms with van der Waals surface area (Å²) in [6, 6.07) is 0. The van der Waals surface area contributed by atoms with E-state index in [9.17, 15) is 15.0 Å². The van der Waals surface area contributed by atoms with Crippen LogP contribution in [0.5, 0.6) is 0 Å². The van der Waals surface area contributed by atoms with Gasteiger partial charge in [0.2, 0.25) is 5.76 Å². The van der Waals surface area contributed by atoms with Crippen LogP contribution in [-0.4, -0.2) is 48.2 Å². The number of aliphatic hydroxyl groups is 2. The van der Waals surface area contributed by atoms with Crippen molar-refractivity contribution in [1.29, 1.82) is 0 Å². The Morgan fingerprint density at radius 1 is 0.750 bits per heavy atom. The van der Waals surface area contributed by atoms with Crippen LogP contribution in [0.3, 0.4) is 0 Å². The zero-order chi connectivity index (χ0) is 23.4. The standard InChI is InChI=1S/C26H48O6/c1-3-5-7-9-11-12-13-14-16-17-19-30-24-23(22(28)21-27)32-26(29)25(24)31-20-18-15-10-8-6-4-2/h22-23,27-28H,3-21H2,1-2H3/t22-,23+/m0/s1. The molecule has 0 bridgehead atoms. The van der Waals surface area contributed by atoms with Crippen molar-refractivity contribution in [2.45, 2.75) is 129 Å². The van der Waals surface area contributed by atoms with E-state index >= 15 is 0 Å². The van der Waals surface area contributed by atoms with E-state index in [1.807, 2.05) is 0 Å². The number of hydrogen-bond donors (Lipinski definition) is 2. The van der Waals surface area contributed by atoms with Gasteiger partial charge in [0.1, 0.15) is 6.10 Å². The molecule has 32 heavy (non-hydrogen) atoms. The molecule has 2 N–H and O–H groups in total. The van der Waals surface area contributed by atoms with Gasteiger partial charge in [-0.1, -0.05) is 104 Å². The molecule has 0 aromatic heterocycles. The Morgan fingerprint density at radius 3 is 1.66 bits per heavy atom. The molecule has 188 valence electrons. The molecule has 1 rings (SSSR count). The summed E-state index contributed by atoms with van der Waals surface area (Å²) < 4.78 is 16.8. The van der Waals surface area contributed by atoms with E-state index in [0.29, 0.717) is 13.2 Å². The minimum absolute atomic E-state index is 0.0585. The molecule has 2 atom stereocenters. The maximum atomic E-state index is 12.2. The summed E-state index contributed by atoms with van der Waals surface area (Å²) >= 11 is 0. The van der Waals surface area contributed by atoms with Gasteiger partial charge in [0, 0.05) is 0 Å². The van der Waals surface area contributed by atoms with E-state index in [1.165, 1.54) is 70.6 Å². The molecule has 1 aliphatic heterocycles. The highest BCUT2D eigenvalue weighted by molar-refractivity contribution is 5.89. The first-order chi connectivity index (χ1) is 15.7. The van der Waals surface area contributed by atoms with Crippen molar-refractivity contribution in [3.05, 3.63) is 11.5 Å². The number of aliphatic hydroxyl groups excluding tert-OH is 2. The number of carbonyl (C=O) groups excluding carboxylic acids is 1. The van der Waals surface area contributed by atoms with Gasteiger partial charge in [-0.2, -0.15) is 0 Å². The highest BCUT2D eigenvalue weighted by atomic mass is 16.6. The molecule has 0 saturated carbocycles. The Bertz CT molecular complexity index is 505. The number of esters is 1. The first-order valence-electron chi connectivity index (χ1n) is 13.1. The second kappa shape index (κ2) is 19.2. The molecule has 0 aromatic rings. The average molecular weight is 457 g/mol. The van der Waals surface area contributed by atoms with E-state index in [-0.39, 0.29) is 11.5 Å². The number of ether oxygens (including phenoxy) is 3. The van der Waals surface area contributed by atoms with Gasteiger partial charge in [0.15, 0.2) is 11.9 Å². The second-order valence-electron chi connectivity index (χ2n) is 8.92. The second-order valence-corrected chi connectivity index (χ2v) is 8.92.